The van der Waals surface area contributed by atoms with E-state index in [-0.39, 0.29) is 5.82 Å². The smallest absolute Gasteiger partial charge is 0.147 e. The average molecular weight is 322 g/mol. The zero-order chi connectivity index (χ0) is 14.0. The molecule has 19 heavy (non-hydrogen) atoms. The van der Waals surface area contributed by atoms with Crippen LogP contribution in [-0.2, 0) is 13.6 Å². The van der Waals surface area contributed by atoms with E-state index in [1.54, 1.807) is 12.1 Å². The van der Waals surface area contributed by atoms with E-state index >= 15 is 0 Å². The van der Waals surface area contributed by atoms with Gasteiger partial charge in [0.1, 0.15) is 17.6 Å². The van der Waals surface area contributed by atoms with Gasteiger partial charge in [-0.2, -0.15) is 5.26 Å². The molecule has 1 N–H and O–H groups in total. The van der Waals surface area contributed by atoms with Crippen LogP contribution in [0.5, 0.6) is 0 Å². The Labute approximate surface area is 119 Å². The largest absolute Gasteiger partial charge is 0.378 e. The van der Waals surface area contributed by atoms with Gasteiger partial charge in [0, 0.05) is 23.8 Å². The Morgan fingerprint density at radius 3 is 2.79 bits per heavy atom. The molecule has 2 aromatic rings. The molecule has 0 amide bonds. The first-order chi connectivity index (χ1) is 9.04. The van der Waals surface area contributed by atoms with E-state index in [0.29, 0.717) is 22.4 Å². The number of nitrogens with one attached hydrogen (secondary N) is 1. The quantitative estimate of drug-likeness (QED) is 0.936. The van der Waals surface area contributed by atoms with Gasteiger partial charge in [-0.15, -0.1) is 0 Å². The molecule has 0 saturated carbocycles. The monoisotopic (exact) mass is 321 g/mol. The van der Waals surface area contributed by atoms with E-state index in [0.717, 1.165) is 11.3 Å². The fraction of sp³-hybridized carbons (Fsp3) is 0.214. The SMILES string of the molecule is Cc1c(CNc2c(F)cccc2Br)cc(C#N)n1C. The second kappa shape index (κ2) is 5.45. The van der Waals surface area contributed by atoms with Crippen molar-refractivity contribution in [2.24, 2.45) is 7.05 Å². The maximum absolute atomic E-state index is 13.7. The molecule has 1 heterocycles. The van der Waals surface area contributed by atoms with Gasteiger partial charge in [-0.1, -0.05) is 6.07 Å². The highest BCUT2D eigenvalue weighted by Gasteiger charge is 2.10. The van der Waals surface area contributed by atoms with E-state index in [1.807, 2.05) is 24.6 Å². The van der Waals surface area contributed by atoms with E-state index in [2.05, 4.69) is 27.3 Å². The molecule has 0 aliphatic rings. The van der Waals surface area contributed by atoms with Crippen LogP contribution in [0, 0.1) is 24.1 Å². The van der Waals surface area contributed by atoms with E-state index < -0.39 is 0 Å². The van der Waals surface area contributed by atoms with Crippen LogP contribution in [0.15, 0.2) is 28.7 Å². The number of aromatic nitrogens is 1. The first kappa shape index (κ1) is 13.6. The highest BCUT2D eigenvalue weighted by atomic mass is 79.9. The standard InChI is InChI=1S/C14H13BrFN3/c1-9-10(6-11(7-17)19(9)2)8-18-14-12(15)4-3-5-13(14)16/h3-6,18H,8H2,1-2H3. The third kappa shape index (κ3) is 2.64. The van der Waals surface area contributed by atoms with Gasteiger partial charge in [-0.05, 0) is 46.6 Å². The Hall–Kier alpha value is -1.80. The number of nitriles is 1. The van der Waals surface area contributed by atoms with Crippen molar-refractivity contribution in [1.82, 2.24) is 4.57 Å². The molecular weight excluding hydrogens is 309 g/mol. The number of nitrogens with zero attached hydrogens (tertiary/aromatic N) is 2. The van der Waals surface area contributed by atoms with Crippen LogP contribution in [0.4, 0.5) is 10.1 Å². The van der Waals surface area contributed by atoms with Crippen molar-refractivity contribution in [2.75, 3.05) is 5.32 Å². The Balaban J connectivity index is 2.22. The molecule has 3 nitrogen and oxygen atoms in total. The predicted octanol–water partition coefficient (Wildman–Crippen LogP) is 3.72. The number of rotatable bonds is 3. The second-order valence-electron chi connectivity index (χ2n) is 4.26. The topological polar surface area (TPSA) is 40.8 Å². The van der Waals surface area contributed by atoms with Crippen molar-refractivity contribution in [2.45, 2.75) is 13.5 Å². The van der Waals surface area contributed by atoms with Crippen molar-refractivity contribution < 1.29 is 4.39 Å². The van der Waals surface area contributed by atoms with Crippen molar-refractivity contribution in [3.63, 3.8) is 0 Å². The Bertz CT molecular complexity index is 635. The molecule has 0 fully saturated rings. The van der Waals surface area contributed by atoms with Crippen LogP contribution in [0.1, 0.15) is 17.0 Å². The lowest BCUT2D eigenvalue weighted by Gasteiger charge is -2.09. The molecule has 0 radical (unpaired) electrons. The zero-order valence-electron chi connectivity index (χ0n) is 10.7. The molecule has 0 bridgehead atoms. The van der Waals surface area contributed by atoms with Gasteiger partial charge in [-0.3, -0.25) is 0 Å². The molecule has 0 unspecified atom stereocenters. The summed E-state index contributed by atoms with van der Waals surface area (Å²) in [5.41, 5.74) is 3.01. The van der Waals surface area contributed by atoms with Crippen LogP contribution in [-0.4, -0.2) is 4.57 Å². The van der Waals surface area contributed by atoms with Crippen molar-refractivity contribution in [3.05, 3.63) is 51.5 Å². The number of halogens is 2. The minimum absolute atomic E-state index is 0.302. The molecule has 0 atom stereocenters. The number of para-hydroxylation sites is 1. The van der Waals surface area contributed by atoms with Crippen LogP contribution < -0.4 is 5.32 Å². The molecule has 1 aromatic carbocycles. The zero-order valence-corrected chi connectivity index (χ0v) is 12.3. The van der Waals surface area contributed by atoms with Gasteiger partial charge in [0.05, 0.1) is 5.69 Å². The predicted molar refractivity (Wildman–Crippen MR) is 76.3 cm³/mol. The van der Waals surface area contributed by atoms with Crippen LogP contribution >= 0.6 is 15.9 Å². The second-order valence-corrected chi connectivity index (χ2v) is 5.12. The Morgan fingerprint density at radius 1 is 1.47 bits per heavy atom. The summed E-state index contributed by atoms with van der Waals surface area (Å²) >= 11 is 3.31. The minimum atomic E-state index is -0.302. The molecule has 0 saturated heterocycles. The van der Waals surface area contributed by atoms with E-state index in [9.17, 15) is 4.39 Å². The number of benzene rings is 1. The van der Waals surface area contributed by atoms with Crippen molar-refractivity contribution >= 4 is 21.6 Å². The highest BCUT2D eigenvalue weighted by Crippen LogP contribution is 2.26. The van der Waals surface area contributed by atoms with Gasteiger partial charge in [0.25, 0.3) is 0 Å². The number of hydrogen-bond donors (Lipinski definition) is 1. The number of anilines is 1. The molecule has 0 aliphatic carbocycles. The highest BCUT2D eigenvalue weighted by molar-refractivity contribution is 9.10. The minimum Gasteiger partial charge on any atom is -0.378 e. The van der Waals surface area contributed by atoms with Gasteiger partial charge in [-0.25, -0.2) is 4.39 Å². The fourth-order valence-corrected chi connectivity index (χ4v) is 2.38. The third-order valence-corrected chi connectivity index (χ3v) is 3.83. The van der Waals surface area contributed by atoms with E-state index in [1.165, 1.54) is 6.07 Å². The first-order valence-electron chi connectivity index (χ1n) is 5.77. The lowest BCUT2D eigenvalue weighted by Crippen LogP contribution is -2.03. The molecule has 1 aromatic heterocycles. The van der Waals surface area contributed by atoms with Gasteiger partial charge in [0.2, 0.25) is 0 Å². The molecule has 98 valence electrons. The average Bonchev–Trinajstić information content (AvgIpc) is 2.66. The van der Waals surface area contributed by atoms with Crippen LogP contribution in [0.25, 0.3) is 0 Å². The van der Waals surface area contributed by atoms with Crippen molar-refractivity contribution in [1.29, 1.82) is 5.26 Å². The summed E-state index contributed by atoms with van der Waals surface area (Å²) in [6, 6.07) is 8.78. The van der Waals surface area contributed by atoms with E-state index in [4.69, 9.17) is 5.26 Å². The molecule has 0 aliphatic heterocycles. The summed E-state index contributed by atoms with van der Waals surface area (Å²) in [4.78, 5) is 0. The van der Waals surface area contributed by atoms with Gasteiger partial charge < -0.3 is 9.88 Å². The summed E-state index contributed by atoms with van der Waals surface area (Å²) in [6.45, 7) is 2.41. The summed E-state index contributed by atoms with van der Waals surface area (Å²) < 4.78 is 16.2. The van der Waals surface area contributed by atoms with Crippen LogP contribution in [0.3, 0.4) is 0 Å². The number of hydrogen-bond acceptors (Lipinski definition) is 2. The van der Waals surface area contributed by atoms with Crippen LogP contribution in [0.2, 0.25) is 0 Å². The molecule has 0 spiro atoms. The van der Waals surface area contributed by atoms with Gasteiger partial charge >= 0.3 is 0 Å². The lowest BCUT2D eigenvalue weighted by atomic mass is 10.2. The maximum atomic E-state index is 13.7. The maximum Gasteiger partial charge on any atom is 0.147 e. The summed E-state index contributed by atoms with van der Waals surface area (Å²) in [6.07, 6.45) is 0. The first-order valence-corrected chi connectivity index (χ1v) is 6.57. The lowest BCUT2D eigenvalue weighted by molar-refractivity contribution is 0.629. The normalized spacial score (nSPS) is 10.3. The molecule has 5 heteroatoms. The van der Waals surface area contributed by atoms with Gasteiger partial charge in [0.15, 0.2) is 0 Å². The Kier molecular flexibility index (Phi) is 3.91. The summed E-state index contributed by atoms with van der Waals surface area (Å²) in [5, 5.41) is 12.0. The fourth-order valence-electron chi connectivity index (χ4n) is 1.90. The molecule has 2 rings (SSSR count). The van der Waals surface area contributed by atoms with Crippen molar-refractivity contribution in [3.8, 4) is 6.07 Å². The molecular formula is C14H13BrFN3. The summed E-state index contributed by atoms with van der Waals surface area (Å²) in [5.74, 6) is -0.302. The Morgan fingerprint density at radius 2 is 2.21 bits per heavy atom. The summed E-state index contributed by atoms with van der Waals surface area (Å²) in [7, 11) is 1.84. The third-order valence-electron chi connectivity index (χ3n) is 3.17.